The maximum atomic E-state index is 12.2. The minimum atomic E-state index is -3.58. The average molecular weight is 292 g/mol. The molecule has 0 unspecified atom stereocenters. The summed E-state index contributed by atoms with van der Waals surface area (Å²) in [6.45, 7) is 4.07. The van der Waals surface area contributed by atoms with Crippen LogP contribution in [0.15, 0.2) is 29.2 Å². The quantitative estimate of drug-likeness (QED) is 0.784. The van der Waals surface area contributed by atoms with E-state index >= 15 is 0 Å². The molecule has 1 aromatic rings. The summed E-state index contributed by atoms with van der Waals surface area (Å²) >= 11 is 0. The van der Waals surface area contributed by atoms with E-state index in [0.717, 1.165) is 12.1 Å². The third-order valence-corrected chi connectivity index (χ3v) is 4.83. The molecule has 4 nitrogen and oxygen atoms in total. The van der Waals surface area contributed by atoms with Gasteiger partial charge in [0.15, 0.2) is 0 Å². The van der Waals surface area contributed by atoms with E-state index in [-0.39, 0.29) is 4.90 Å². The van der Waals surface area contributed by atoms with Crippen LogP contribution in [0.4, 0.5) is 0 Å². The zero-order chi connectivity index (χ0) is 14.8. The summed E-state index contributed by atoms with van der Waals surface area (Å²) in [6.07, 6.45) is 7.77. The molecule has 0 aliphatic heterocycles. The molecule has 0 atom stereocenters. The van der Waals surface area contributed by atoms with E-state index in [1.165, 1.54) is 12.8 Å². The van der Waals surface area contributed by atoms with Crippen LogP contribution in [0.25, 0.3) is 0 Å². The van der Waals surface area contributed by atoms with Gasteiger partial charge in [-0.1, -0.05) is 18.1 Å². The molecule has 0 radical (unpaired) electrons. The second-order valence-electron chi connectivity index (χ2n) is 5.67. The number of nitrogens with one attached hydrogen (secondary N) is 2. The number of hydrogen-bond donors (Lipinski definition) is 2. The van der Waals surface area contributed by atoms with Crippen LogP contribution in [0.5, 0.6) is 0 Å². The topological polar surface area (TPSA) is 58.2 Å². The van der Waals surface area contributed by atoms with E-state index in [4.69, 9.17) is 6.42 Å². The number of hydrogen-bond acceptors (Lipinski definition) is 3. The number of terminal acetylenes is 1. The first-order chi connectivity index (χ1) is 9.32. The van der Waals surface area contributed by atoms with Gasteiger partial charge in [0.25, 0.3) is 0 Å². The van der Waals surface area contributed by atoms with E-state index in [2.05, 4.69) is 16.0 Å². The highest BCUT2D eigenvalue weighted by Gasteiger charge is 2.24. The zero-order valence-electron chi connectivity index (χ0n) is 11.8. The number of rotatable bonds is 6. The van der Waals surface area contributed by atoms with Crippen molar-refractivity contribution in [2.45, 2.75) is 49.7 Å². The minimum absolute atomic E-state index is 0.232. The van der Waals surface area contributed by atoms with Crippen molar-refractivity contribution in [1.29, 1.82) is 0 Å². The molecule has 0 heterocycles. The Hall–Kier alpha value is -1.35. The summed E-state index contributed by atoms with van der Waals surface area (Å²) in [7, 11) is -3.58. The van der Waals surface area contributed by atoms with Gasteiger partial charge in [-0.2, -0.15) is 4.72 Å². The summed E-state index contributed by atoms with van der Waals surface area (Å²) in [6, 6.07) is 7.51. The van der Waals surface area contributed by atoms with Crippen molar-refractivity contribution in [3.8, 4) is 12.3 Å². The summed E-state index contributed by atoms with van der Waals surface area (Å²) < 4.78 is 26.8. The first kappa shape index (κ1) is 15.0. The van der Waals surface area contributed by atoms with Gasteiger partial charge < -0.3 is 5.32 Å². The van der Waals surface area contributed by atoms with Gasteiger partial charge in [-0.15, -0.1) is 6.42 Å². The highest BCUT2D eigenvalue weighted by Crippen LogP contribution is 2.20. The van der Waals surface area contributed by atoms with Gasteiger partial charge in [0.05, 0.1) is 10.4 Å². The fourth-order valence-corrected chi connectivity index (χ4v) is 3.10. The third-order valence-electron chi connectivity index (χ3n) is 3.16. The average Bonchev–Trinajstić information content (AvgIpc) is 3.20. The standard InChI is InChI=1S/C15H20N2O2S/c1-4-15(2,3)17-20(18,19)14-9-5-12(6-10-14)11-16-13-7-8-13/h1,5-6,9-10,13,16-17H,7-8,11H2,2-3H3. The number of benzene rings is 1. The Kier molecular flexibility index (Phi) is 4.19. The molecule has 1 fully saturated rings. The van der Waals surface area contributed by atoms with Gasteiger partial charge in [0, 0.05) is 12.6 Å². The van der Waals surface area contributed by atoms with E-state index in [0.29, 0.717) is 6.04 Å². The van der Waals surface area contributed by atoms with Crippen molar-refractivity contribution in [3.05, 3.63) is 29.8 Å². The molecule has 0 aromatic heterocycles. The van der Waals surface area contributed by atoms with Crippen LogP contribution in [-0.2, 0) is 16.6 Å². The van der Waals surface area contributed by atoms with Crippen molar-refractivity contribution in [3.63, 3.8) is 0 Å². The predicted molar refractivity (Wildman–Crippen MR) is 79.5 cm³/mol. The van der Waals surface area contributed by atoms with E-state index < -0.39 is 15.6 Å². The Labute approximate surface area is 121 Å². The van der Waals surface area contributed by atoms with Gasteiger partial charge in [0.1, 0.15) is 0 Å². The molecule has 20 heavy (non-hydrogen) atoms. The molecule has 1 saturated carbocycles. The molecular formula is C15H20N2O2S. The van der Waals surface area contributed by atoms with Gasteiger partial charge in [-0.25, -0.2) is 8.42 Å². The van der Waals surface area contributed by atoms with Crippen LogP contribution in [0.2, 0.25) is 0 Å². The Balaban J connectivity index is 2.06. The Morgan fingerprint density at radius 3 is 2.40 bits per heavy atom. The van der Waals surface area contributed by atoms with Crippen molar-refractivity contribution in [2.75, 3.05) is 0 Å². The second-order valence-corrected chi connectivity index (χ2v) is 7.36. The van der Waals surface area contributed by atoms with E-state index in [1.54, 1.807) is 26.0 Å². The number of sulfonamides is 1. The molecule has 1 aromatic carbocycles. The Morgan fingerprint density at radius 1 is 1.30 bits per heavy atom. The lowest BCUT2D eigenvalue weighted by molar-refractivity contribution is 0.539. The molecule has 1 aliphatic rings. The Bertz CT molecular complexity index is 608. The lowest BCUT2D eigenvalue weighted by atomic mass is 10.1. The fourth-order valence-electron chi connectivity index (χ4n) is 1.76. The molecule has 2 N–H and O–H groups in total. The Morgan fingerprint density at radius 2 is 1.90 bits per heavy atom. The molecule has 0 bridgehead atoms. The predicted octanol–water partition coefficient (Wildman–Crippen LogP) is 1.63. The van der Waals surface area contributed by atoms with Crippen LogP contribution >= 0.6 is 0 Å². The smallest absolute Gasteiger partial charge is 0.241 e. The van der Waals surface area contributed by atoms with Crippen molar-refractivity contribution in [2.24, 2.45) is 0 Å². The molecule has 1 aliphatic carbocycles. The molecular weight excluding hydrogens is 272 g/mol. The van der Waals surface area contributed by atoms with Crippen molar-refractivity contribution >= 4 is 10.0 Å². The fraction of sp³-hybridized carbons (Fsp3) is 0.467. The normalized spacial score (nSPS) is 15.8. The summed E-state index contributed by atoms with van der Waals surface area (Å²) in [5.41, 5.74) is 0.178. The SMILES string of the molecule is C#CC(C)(C)NS(=O)(=O)c1ccc(CNC2CC2)cc1. The first-order valence-electron chi connectivity index (χ1n) is 6.66. The maximum Gasteiger partial charge on any atom is 0.241 e. The first-order valence-corrected chi connectivity index (χ1v) is 8.15. The van der Waals surface area contributed by atoms with Crippen LogP contribution in [0.3, 0.4) is 0 Å². The van der Waals surface area contributed by atoms with Crippen molar-refractivity contribution in [1.82, 2.24) is 10.0 Å². The monoisotopic (exact) mass is 292 g/mol. The van der Waals surface area contributed by atoms with Crippen molar-refractivity contribution < 1.29 is 8.42 Å². The molecule has 2 rings (SSSR count). The highest BCUT2D eigenvalue weighted by molar-refractivity contribution is 7.89. The lowest BCUT2D eigenvalue weighted by Gasteiger charge is -2.19. The van der Waals surface area contributed by atoms with Crippen LogP contribution in [0, 0.1) is 12.3 Å². The maximum absolute atomic E-state index is 12.2. The third kappa shape index (κ3) is 4.07. The largest absolute Gasteiger partial charge is 0.310 e. The van der Waals surface area contributed by atoms with Gasteiger partial charge in [0.2, 0.25) is 10.0 Å². The van der Waals surface area contributed by atoms with Crippen LogP contribution < -0.4 is 10.0 Å². The van der Waals surface area contributed by atoms with Crippen LogP contribution in [0.1, 0.15) is 32.3 Å². The van der Waals surface area contributed by atoms with Gasteiger partial charge >= 0.3 is 0 Å². The summed E-state index contributed by atoms with van der Waals surface area (Å²) in [5.74, 6) is 2.42. The van der Waals surface area contributed by atoms with E-state index in [9.17, 15) is 8.42 Å². The molecule has 108 valence electrons. The van der Waals surface area contributed by atoms with Gasteiger partial charge in [-0.3, -0.25) is 0 Å². The highest BCUT2D eigenvalue weighted by atomic mass is 32.2. The summed E-state index contributed by atoms with van der Waals surface area (Å²) in [4.78, 5) is 0.232. The molecule has 5 heteroatoms. The van der Waals surface area contributed by atoms with Crippen LogP contribution in [-0.4, -0.2) is 20.0 Å². The molecule has 0 amide bonds. The van der Waals surface area contributed by atoms with E-state index in [1.807, 2.05) is 12.1 Å². The lowest BCUT2D eigenvalue weighted by Crippen LogP contribution is -2.41. The zero-order valence-corrected chi connectivity index (χ0v) is 12.6. The second kappa shape index (κ2) is 5.57. The minimum Gasteiger partial charge on any atom is -0.310 e. The molecule has 0 spiro atoms. The summed E-state index contributed by atoms with van der Waals surface area (Å²) in [5, 5.41) is 3.39. The molecule has 0 saturated heterocycles. The van der Waals surface area contributed by atoms with Gasteiger partial charge in [-0.05, 0) is 44.4 Å².